The molecule has 0 fully saturated rings. The third-order valence-electron chi connectivity index (χ3n) is 3.31. The van der Waals surface area contributed by atoms with Gasteiger partial charge in [-0.2, -0.15) is 0 Å². The lowest BCUT2D eigenvalue weighted by molar-refractivity contribution is 0.178. The highest BCUT2D eigenvalue weighted by Gasteiger charge is 2.24. The fraction of sp³-hybridized carbons (Fsp3) is 0.571. The van der Waals surface area contributed by atoms with E-state index in [0.717, 1.165) is 23.7 Å². The van der Waals surface area contributed by atoms with Crippen LogP contribution in [-0.2, 0) is 6.54 Å². The Labute approximate surface area is 110 Å². The van der Waals surface area contributed by atoms with Crippen LogP contribution < -0.4 is 5.73 Å². The molecule has 0 bridgehead atoms. The summed E-state index contributed by atoms with van der Waals surface area (Å²) in [4.78, 5) is 2.27. The molecule has 0 heterocycles. The molecule has 3 heteroatoms. The summed E-state index contributed by atoms with van der Waals surface area (Å²) in [7, 11) is 2.10. The van der Waals surface area contributed by atoms with Crippen molar-refractivity contribution in [1.29, 1.82) is 0 Å². The zero-order valence-corrected chi connectivity index (χ0v) is 12.0. The van der Waals surface area contributed by atoms with Crippen LogP contribution >= 0.6 is 11.6 Å². The van der Waals surface area contributed by atoms with Crippen molar-refractivity contribution < 1.29 is 0 Å². The van der Waals surface area contributed by atoms with Crippen molar-refractivity contribution in [2.75, 3.05) is 13.6 Å². The first-order valence-corrected chi connectivity index (χ1v) is 6.38. The Morgan fingerprint density at radius 2 is 1.94 bits per heavy atom. The van der Waals surface area contributed by atoms with E-state index >= 15 is 0 Å². The summed E-state index contributed by atoms with van der Waals surface area (Å²) in [5.74, 6) is 0. The molecule has 0 spiro atoms. The smallest absolute Gasteiger partial charge is 0.0451 e. The van der Waals surface area contributed by atoms with E-state index in [4.69, 9.17) is 17.3 Å². The van der Waals surface area contributed by atoms with Crippen LogP contribution in [0.1, 0.15) is 26.3 Å². The van der Waals surface area contributed by atoms with Crippen LogP contribution in [0.25, 0.3) is 0 Å². The van der Waals surface area contributed by atoms with Gasteiger partial charge in [-0.05, 0) is 31.0 Å². The van der Waals surface area contributed by atoms with Gasteiger partial charge in [0.25, 0.3) is 0 Å². The van der Waals surface area contributed by atoms with Gasteiger partial charge in [0.05, 0.1) is 0 Å². The van der Waals surface area contributed by atoms with Crippen LogP contribution in [0.3, 0.4) is 0 Å². The molecule has 1 atom stereocenters. The molecule has 0 radical (unpaired) electrons. The fourth-order valence-electron chi connectivity index (χ4n) is 1.81. The highest BCUT2D eigenvalue weighted by molar-refractivity contribution is 6.31. The van der Waals surface area contributed by atoms with Crippen molar-refractivity contribution >= 4 is 11.6 Å². The molecule has 1 unspecified atom stereocenters. The van der Waals surface area contributed by atoms with Crippen LogP contribution in [0, 0.1) is 5.41 Å². The lowest BCUT2D eigenvalue weighted by Crippen LogP contribution is -2.42. The second-order valence-corrected chi connectivity index (χ2v) is 5.95. The maximum atomic E-state index is 6.15. The Hall–Kier alpha value is -0.570. The van der Waals surface area contributed by atoms with E-state index in [0.29, 0.717) is 0 Å². The molecule has 1 aromatic rings. The minimum absolute atomic E-state index is 0.107. The van der Waals surface area contributed by atoms with E-state index < -0.39 is 0 Å². The summed E-state index contributed by atoms with van der Waals surface area (Å²) in [6, 6.07) is 8.15. The zero-order valence-electron chi connectivity index (χ0n) is 11.2. The largest absolute Gasteiger partial charge is 0.327 e. The molecule has 17 heavy (non-hydrogen) atoms. The van der Waals surface area contributed by atoms with Gasteiger partial charge in [0.2, 0.25) is 0 Å². The van der Waals surface area contributed by atoms with Crippen molar-refractivity contribution in [2.24, 2.45) is 11.1 Å². The number of benzene rings is 1. The lowest BCUT2D eigenvalue weighted by Gasteiger charge is -2.33. The molecular formula is C14H23ClN2. The highest BCUT2D eigenvalue weighted by atomic mass is 35.5. The Morgan fingerprint density at radius 1 is 1.35 bits per heavy atom. The quantitative estimate of drug-likeness (QED) is 0.875. The summed E-state index contributed by atoms with van der Waals surface area (Å²) < 4.78 is 0. The van der Waals surface area contributed by atoms with Gasteiger partial charge in [-0.15, -0.1) is 0 Å². The molecule has 0 saturated carbocycles. The molecule has 0 aliphatic rings. The van der Waals surface area contributed by atoms with Crippen molar-refractivity contribution in [2.45, 2.75) is 33.4 Å². The van der Waals surface area contributed by atoms with E-state index in [9.17, 15) is 0 Å². The zero-order chi connectivity index (χ0) is 13.1. The van der Waals surface area contributed by atoms with E-state index in [1.165, 1.54) is 0 Å². The fourth-order valence-corrected chi connectivity index (χ4v) is 2.01. The minimum atomic E-state index is 0.107. The predicted molar refractivity (Wildman–Crippen MR) is 75.2 cm³/mol. The average Bonchev–Trinajstić information content (AvgIpc) is 2.20. The van der Waals surface area contributed by atoms with Gasteiger partial charge < -0.3 is 10.6 Å². The second kappa shape index (κ2) is 5.85. The molecule has 0 aromatic heterocycles. The number of halogens is 1. The predicted octanol–water partition coefficient (Wildman–Crippen LogP) is 3.15. The third kappa shape index (κ3) is 4.30. The van der Waals surface area contributed by atoms with Gasteiger partial charge in [0.15, 0.2) is 0 Å². The summed E-state index contributed by atoms with van der Waals surface area (Å²) in [6.07, 6.45) is 0. The number of hydrogen-bond donors (Lipinski definition) is 1. The Morgan fingerprint density at radius 3 is 2.47 bits per heavy atom. The minimum Gasteiger partial charge on any atom is -0.327 e. The Kier molecular flexibility index (Phi) is 4.99. The summed E-state index contributed by atoms with van der Waals surface area (Å²) in [5, 5.41) is 0.831. The first kappa shape index (κ1) is 14.5. The van der Waals surface area contributed by atoms with Crippen LogP contribution in [0.5, 0.6) is 0 Å². The van der Waals surface area contributed by atoms with Crippen molar-refractivity contribution in [3.8, 4) is 0 Å². The SMILES string of the molecule is CC(N)C(C)(C)CN(C)Cc1ccccc1Cl. The summed E-state index contributed by atoms with van der Waals surface area (Å²) in [5.41, 5.74) is 7.26. The van der Waals surface area contributed by atoms with E-state index in [2.05, 4.69) is 38.8 Å². The number of hydrogen-bond acceptors (Lipinski definition) is 2. The molecule has 1 aromatic carbocycles. The molecule has 0 amide bonds. The van der Waals surface area contributed by atoms with E-state index in [1.807, 2.05) is 18.2 Å². The first-order chi connectivity index (χ1) is 7.83. The highest BCUT2D eigenvalue weighted by Crippen LogP contribution is 2.22. The van der Waals surface area contributed by atoms with Gasteiger partial charge in [-0.25, -0.2) is 0 Å². The van der Waals surface area contributed by atoms with Crippen LogP contribution in [0.15, 0.2) is 24.3 Å². The number of rotatable bonds is 5. The second-order valence-electron chi connectivity index (χ2n) is 5.54. The Balaban J connectivity index is 2.62. The lowest BCUT2D eigenvalue weighted by atomic mass is 9.85. The molecule has 0 aliphatic carbocycles. The van der Waals surface area contributed by atoms with Gasteiger partial charge in [0, 0.05) is 24.2 Å². The molecular weight excluding hydrogens is 232 g/mol. The normalized spacial score (nSPS) is 14.1. The molecule has 0 saturated heterocycles. The van der Waals surface area contributed by atoms with Crippen LogP contribution in [0.4, 0.5) is 0 Å². The van der Waals surface area contributed by atoms with Gasteiger partial charge in [-0.1, -0.05) is 43.6 Å². The molecule has 2 nitrogen and oxygen atoms in total. The van der Waals surface area contributed by atoms with E-state index in [-0.39, 0.29) is 11.5 Å². The van der Waals surface area contributed by atoms with Gasteiger partial charge in [0.1, 0.15) is 0 Å². The standard InChI is InChI=1S/C14H23ClN2/c1-11(16)14(2,3)10-17(4)9-12-7-5-6-8-13(12)15/h5-8,11H,9-10,16H2,1-4H3. The maximum absolute atomic E-state index is 6.15. The summed E-state index contributed by atoms with van der Waals surface area (Å²) in [6.45, 7) is 8.26. The van der Waals surface area contributed by atoms with Gasteiger partial charge >= 0.3 is 0 Å². The maximum Gasteiger partial charge on any atom is 0.0451 e. The van der Waals surface area contributed by atoms with Crippen LogP contribution in [0.2, 0.25) is 5.02 Å². The molecule has 2 N–H and O–H groups in total. The van der Waals surface area contributed by atoms with Crippen molar-refractivity contribution in [3.63, 3.8) is 0 Å². The van der Waals surface area contributed by atoms with E-state index in [1.54, 1.807) is 0 Å². The first-order valence-electron chi connectivity index (χ1n) is 6.00. The van der Waals surface area contributed by atoms with Crippen LogP contribution in [-0.4, -0.2) is 24.5 Å². The third-order valence-corrected chi connectivity index (χ3v) is 3.68. The number of nitrogens with two attached hydrogens (primary N) is 1. The molecule has 0 aliphatic heterocycles. The molecule has 1 rings (SSSR count). The summed E-state index contributed by atoms with van der Waals surface area (Å²) >= 11 is 6.15. The van der Waals surface area contributed by atoms with Gasteiger partial charge in [-0.3, -0.25) is 0 Å². The monoisotopic (exact) mass is 254 g/mol. The molecule has 96 valence electrons. The topological polar surface area (TPSA) is 29.3 Å². The number of nitrogens with zero attached hydrogens (tertiary/aromatic N) is 1. The van der Waals surface area contributed by atoms with Crippen molar-refractivity contribution in [3.05, 3.63) is 34.9 Å². The van der Waals surface area contributed by atoms with Crippen molar-refractivity contribution in [1.82, 2.24) is 4.90 Å². The average molecular weight is 255 g/mol. The Bertz CT molecular complexity index is 361.